The molecule has 0 atom stereocenters. The Morgan fingerprint density at radius 2 is 1.83 bits per heavy atom. The number of benzene rings is 2. The van der Waals surface area contributed by atoms with Gasteiger partial charge in [-0.25, -0.2) is 9.48 Å². The second kappa shape index (κ2) is 7.41. The maximum absolute atomic E-state index is 12.9. The molecule has 0 amide bonds. The fourth-order valence-corrected chi connectivity index (χ4v) is 3.16. The van der Waals surface area contributed by atoms with E-state index >= 15 is 0 Å². The van der Waals surface area contributed by atoms with Crippen molar-refractivity contribution in [1.82, 2.24) is 9.78 Å². The molecule has 0 saturated heterocycles. The molecule has 0 fully saturated rings. The molecular formula is C16H8Cl2F3N3O5. The van der Waals surface area contributed by atoms with Gasteiger partial charge in [0.1, 0.15) is 5.69 Å². The highest BCUT2D eigenvalue weighted by Crippen LogP contribution is 2.39. The van der Waals surface area contributed by atoms with Crippen LogP contribution in [0.4, 0.5) is 23.7 Å². The number of nitro benzene ring substituents is 1. The molecule has 0 saturated carbocycles. The van der Waals surface area contributed by atoms with Gasteiger partial charge in [0.05, 0.1) is 39.4 Å². The molecule has 1 aromatic heterocycles. The van der Waals surface area contributed by atoms with Crippen LogP contribution in [0.15, 0.2) is 30.5 Å². The summed E-state index contributed by atoms with van der Waals surface area (Å²) in [4.78, 5) is 21.9. The zero-order valence-corrected chi connectivity index (χ0v) is 15.7. The van der Waals surface area contributed by atoms with Crippen molar-refractivity contribution in [2.75, 3.05) is 7.11 Å². The highest BCUT2D eigenvalue weighted by molar-refractivity contribution is 6.38. The number of aromatic nitrogens is 2. The van der Waals surface area contributed by atoms with Gasteiger partial charge >= 0.3 is 18.0 Å². The summed E-state index contributed by atoms with van der Waals surface area (Å²) >= 11 is 12.0. The normalized spacial score (nSPS) is 11.5. The van der Waals surface area contributed by atoms with Gasteiger partial charge in [0, 0.05) is 17.5 Å². The van der Waals surface area contributed by atoms with Gasteiger partial charge < -0.3 is 9.47 Å². The summed E-state index contributed by atoms with van der Waals surface area (Å²) in [6.07, 6.45) is -4.65. The van der Waals surface area contributed by atoms with Crippen LogP contribution in [0.25, 0.3) is 16.6 Å². The Hall–Kier alpha value is -3.05. The molecule has 0 aliphatic carbocycles. The molecule has 0 unspecified atom stereocenters. The predicted octanol–water partition coefficient (Wildman–Crippen LogP) is 5.40. The summed E-state index contributed by atoms with van der Waals surface area (Å²) in [6, 6.07) is 3.52. The lowest BCUT2D eigenvalue weighted by Crippen LogP contribution is -2.09. The number of fused-ring (bicyclic) bond motifs is 1. The van der Waals surface area contributed by atoms with E-state index in [-0.39, 0.29) is 26.6 Å². The summed E-state index contributed by atoms with van der Waals surface area (Å²) in [5.74, 6) is -0.463. The SMILES string of the molecule is COC(=O)Oc1cc2c(cnn2-c2c(Cl)cc(C(F)(F)F)cc2Cl)cc1[N+](=O)[O-]. The van der Waals surface area contributed by atoms with E-state index in [1.54, 1.807) is 0 Å². The average Bonchev–Trinajstić information content (AvgIpc) is 3.02. The number of carbonyl (C=O) groups is 1. The molecule has 3 aromatic rings. The van der Waals surface area contributed by atoms with E-state index < -0.39 is 34.3 Å². The van der Waals surface area contributed by atoms with Crippen LogP contribution in [0.1, 0.15) is 5.56 Å². The van der Waals surface area contributed by atoms with Crippen molar-refractivity contribution in [3.63, 3.8) is 0 Å². The number of nitrogens with zero attached hydrogens (tertiary/aromatic N) is 3. The van der Waals surface area contributed by atoms with Crippen molar-refractivity contribution in [3.8, 4) is 11.4 Å². The third-order valence-electron chi connectivity index (χ3n) is 3.76. The molecule has 13 heteroatoms. The van der Waals surface area contributed by atoms with Crippen LogP contribution in [0.5, 0.6) is 5.75 Å². The molecule has 0 radical (unpaired) electrons. The van der Waals surface area contributed by atoms with Crippen LogP contribution in [-0.2, 0) is 10.9 Å². The molecule has 152 valence electrons. The molecule has 0 aliphatic rings. The lowest BCUT2D eigenvalue weighted by molar-refractivity contribution is -0.385. The van der Waals surface area contributed by atoms with Gasteiger partial charge in [-0.15, -0.1) is 0 Å². The molecule has 0 spiro atoms. The third kappa shape index (κ3) is 3.91. The first-order valence-corrected chi connectivity index (χ1v) is 8.27. The molecule has 8 nitrogen and oxygen atoms in total. The highest BCUT2D eigenvalue weighted by Gasteiger charge is 2.32. The Labute approximate surface area is 169 Å². The van der Waals surface area contributed by atoms with Crippen LogP contribution >= 0.6 is 23.2 Å². The number of nitro groups is 1. The van der Waals surface area contributed by atoms with E-state index in [1.165, 1.54) is 6.20 Å². The quantitative estimate of drug-likeness (QED) is 0.229. The Kier molecular flexibility index (Phi) is 5.28. The van der Waals surface area contributed by atoms with E-state index in [9.17, 15) is 28.1 Å². The van der Waals surface area contributed by atoms with Gasteiger partial charge in [-0.05, 0) is 12.1 Å². The summed E-state index contributed by atoms with van der Waals surface area (Å²) in [7, 11) is 1.01. The molecular weight excluding hydrogens is 442 g/mol. The summed E-state index contributed by atoms with van der Waals surface area (Å²) < 4.78 is 49.0. The number of carbonyl (C=O) groups excluding carboxylic acids is 1. The lowest BCUT2D eigenvalue weighted by atomic mass is 10.2. The van der Waals surface area contributed by atoms with Gasteiger partial charge in [0.2, 0.25) is 5.75 Å². The van der Waals surface area contributed by atoms with E-state index in [0.29, 0.717) is 12.1 Å². The minimum atomic E-state index is -4.67. The van der Waals surface area contributed by atoms with Crippen LogP contribution in [0, 0.1) is 10.1 Å². The number of ether oxygens (including phenoxy) is 2. The van der Waals surface area contributed by atoms with Crippen LogP contribution < -0.4 is 4.74 Å². The van der Waals surface area contributed by atoms with E-state index in [2.05, 4.69) is 9.84 Å². The van der Waals surface area contributed by atoms with Crippen molar-refractivity contribution in [2.24, 2.45) is 0 Å². The number of hydrogen-bond acceptors (Lipinski definition) is 6. The molecule has 0 N–H and O–H groups in total. The summed E-state index contributed by atoms with van der Waals surface area (Å²) in [5, 5.41) is 14.7. The van der Waals surface area contributed by atoms with Crippen LogP contribution in [0.3, 0.4) is 0 Å². The zero-order valence-electron chi connectivity index (χ0n) is 14.2. The Balaban J connectivity index is 2.23. The van der Waals surface area contributed by atoms with Crippen molar-refractivity contribution in [1.29, 1.82) is 0 Å². The molecule has 0 aliphatic heterocycles. The van der Waals surface area contributed by atoms with Crippen LogP contribution in [-0.4, -0.2) is 28.0 Å². The first kappa shape index (κ1) is 20.7. The monoisotopic (exact) mass is 449 g/mol. The topological polar surface area (TPSA) is 96.5 Å². The zero-order chi connectivity index (χ0) is 21.5. The standard InChI is InChI=1S/C16H8Cl2F3N3O5/c1-28-15(25)29-13-5-11-7(2-12(13)24(26)27)6-22-23(11)14-9(17)3-8(4-10(14)18)16(19,20)21/h2-6H,1H3. The van der Waals surface area contributed by atoms with E-state index in [0.717, 1.165) is 23.9 Å². The Morgan fingerprint density at radius 3 is 2.34 bits per heavy atom. The van der Waals surface area contributed by atoms with E-state index in [4.69, 9.17) is 27.9 Å². The number of hydrogen-bond donors (Lipinski definition) is 0. The number of alkyl halides is 3. The largest absolute Gasteiger partial charge is 0.513 e. The van der Waals surface area contributed by atoms with Crippen molar-refractivity contribution in [3.05, 3.63) is 56.2 Å². The second-order valence-corrected chi connectivity index (χ2v) is 6.35. The smallest absolute Gasteiger partial charge is 0.437 e. The van der Waals surface area contributed by atoms with Gasteiger partial charge in [0.15, 0.2) is 0 Å². The first-order chi connectivity index (χ1) is 13.5. The predicted molar refractivity (Wildman–Crippen MR) is 95.8 cm³/mol. The molecule has 29 heavy (non-hydrogen) atoms. The minimum Gasteiger partial charge on any atom is -0.437 e. The van der Waals surface area contributed by atoms with Gasteiger partial charge in [-0.3, -0.25) is 10.1 Å². The summed E-state index contributed by atoms with van der Waals surface area (Å²) in [6.45, 7) is 0. The van der Waals surface area contributed by atoms with Crippen molar-refractivity contribution >= 4 is 45.9 Å². The molecule has 1 heterocycles. The third-order valence-corrected chi connectivity index (χ3v) is 4.34. The average molecular weight is 450 g/mol. The van der Waals surface area contributed by atoms with Crippen molar-refractivity contribution < 1.29 is 32.4 Å². The van der Waals surface area contributed by atoms with Gasteiger partial charge in [-0.1, -0.05) is 23.2 Å². The Bertz CT molecular complexity index is 1120. The number of rotatable bonds is 3. The van der Waals surface area contributed by atoms with Crippen molar-refractivity contribution in [2.45, 2.75) is 6.18 Å². The highest BCUT2D eigenvalue weighted by atomic mass is 35.5. The van der Waals surface area contributed by atoms with Gasteiger partial charge in [0.25, 0.3) is 0 Å². The first-order valence-electron chi connectivity index (χ1n) is 7.51. The minimum absolute atomic E-state index is 0.0887. The molecule has 0 bridgehead atoms. The fraction of sp³-hybridized carbons (Fsp3) is 0.125. The Morgan fingerprint density at radius 1 is 1.21 bits per heavy atom. The fourth-order valence-electron chi connectivity index (χ4n) is 2.51. The maximum atomic E-state index is 12.9. The van der Waals surface area contributed by atoms with E-state index in [1.807, 2.05) is 0 Å². The lowest BCUT2D eigenvalue weighted by Gasteiger charge is -2.13. The molecule has 3 rings (SSSR count). The molecule has 2 aromatic carbocycles. The number of methoxy groups -OCH3 is 1. The maximum Gasteiger partial charge on any atom is 0.513 e. The van der Waals surface area contributed by atoms with Crippen LogP contribution in [0.2, 0.25) is 10.0 Å². The second-order valence-electron chi connectivity index (χ2n) is 5.53. The van der Waals surface area contributed by atoms with Gasteiger partial charge in [-0.2, -0.15) is 18.3 Å². The summed E-state index contributed by atoms with van der Waals surface area (Å²) in [5.41, 5.74) is -1.56. The number of halogens is 5.